The molecule has 20 heavy (non-hydrogen) atoms. The standard InChI is InChI=1S/C16H15FN2O/c1-20-15-7-2-4-11(16(15)17)10-19-9-8-12-13(18)5-3-6-14(12)19/h2-9H,10,18H2,1H3. The number of nitrogens with zero attached hydrogens (tertiary/aromatic N) is 1. The van der Waals surface area contributed by atoms with E-state index in [0.29, 0.717) is 12.1 Å². The molecule has 1 heterocycles. The van der Waals surface area contributed by atoms with E-state index in [1.54, 1.807) is 18.2 Å². The second kappa shape index (κ2) is 4.89. The third kappa shape index (κ3) is 1.99. The zero-order chi connectivity index (χ0) is 14.1. The van der Waals surface area contributed by atoms with Gasteiger partial charge in [-0.2, -0.15) is 0 Å². The summed E-state index contributed by atoms with van der Waals surface area (Å²) in [4.78, 5) is 0. The molecule has 2 aromatic carbocycles. The number of aromatic nitrogens is 1. The Balaban J connectivity index is 2.04. The minimum Gasteiger partial charge on any atom is -0.494 e. The van der Waals surface area contributed by atoms with Gasteiger partial charge in [0.05, 0.1) is 19.2 Å². The summed E-state index contributed by atoms with van der Waals surface area (Å²) >= 11 is 0. The summed E-state index contributed by atoms with van der Waals surface area (Å²) in [5.74, 6) is -0.0563. The van der Waals surface area contributed by atoms with Crippen LogP contribution < -0.4 is 10.5 Å². The molecule has 0 saturated heterocycles. The Labute approximate surface area is 116 Å². The van der Waals surface area contributed by atoms with E-state index in [9.17, 15) is 4.39 Å². The molecule has 0 atom stereocenters. The normalized spacial score (nSPS) is 10.9. The lowest BCUT2D eigenvalue weighted by Gasteiger charge is -2.09. The molecule has 3 rings (SSSR count). The van der Waals surface area contributed by atoms with Gasteiger partial charge in [-0.05, 0) is 24.3 Å². The second-order valence-electron chi connectivity index (χ2n) is 4.66. The van der Waals surface area contributed by atoms with Gasteiger partial charge in [-0.25, -0.2) is 4.39 Å². The van der Waals surface area contributed by atoms with Crippen molar-refractivity contribution in [2.75, 3.05) is 12.8 Å². The van der Waals surface area contributed by atoms with E-state index in [4.69, 9.17) is 10.5 Å². The van der Waals surface area contributed by atoms with Crippen molar-refractivity contribution < 1.29 is 9.13 Å². The predicted molar refractivity (Wildman–Crippen MR) is 78.4 cm³/mol. The fourth-order valence-electron chi connectivity index (χ4n) is 2.40. The number of methoxy groups -OCH3 is 1. The summed E-state index contributed by atoms with van der Waals surface area (Å²) in [5.41, 5.74) is 8.24. The van der Waals surface area contributed by atoms with Gasteiger partial charge in [-0.15, -0.1) is 0 Å². The first-order valence-electron chi connectivity index (χ1n) is 6.35. The third-order valence-corrected chi connectivity index (χ3v) is 3.45. The molecule has 0 spiro atoms. The molecule has 1 aromatic heterocycles. The first-order chi connectivity index (χ1) is 9.70. The number of nitrogens with two attached hydrogens (primary N) is 1. The lowest BCUT2D eigenvalue weighted by molar-refractivity contribution is 0.383. The Morgan fingerprint density at radius 1 is 1.15 bits per heavy atom. The van der Waals surface area contributed by atoms with Gasteiger partial charge < -0.3 is 15.0 Å². The molecule has 0 aliphatic heterocycles. The van der Waals surface area contributed by atoms with Crippen molar-refractivity contribution in [1.82, 2.24) is 4.57 Å². The summed E-state index contributed by atoms with van der Waals surface area (Å²) in [7, 11) is 1.47. The van der Waals surface area contributed by atoms with Crippen LogP contribution in [0.5, 0.6) is 5.75 Å². The predicted octanol–water partition coefficient (Wildman–Crippen LogP) is 3.42. The SMILES string of the molecule is COc1cccc(Cn2ccc3c(N)cccc32)c1F. The van der Waals surface area contributed by atoms with E-state index in [0.717, 1.165) is 16.6 Å². The number of benzene rings is 2. The van der Waals surface area contributed by atoms with Crippen LogP contribution in [-0.4, -0.2) is 11.7 Å². The molecule has 0 bridgehead atoms. The zero-order valence-corrected chi connectivity index (χ0v) is 11.1. The Morgan fingerprint density at radius 2 is 1.95 bits per heavy atom. The highest BCUT2D eigenvalue weighted by Gasteiger charge is 2.10. The van der Waals surface area contributed by atoms with E-state index in [-0.39, 0.29) is 11.6 Å². The molecule has 2 N–H and O–H groups in total. The maximum atomic E-state index is 14.2. The first-order valence-corrected chi connectivity index (χ1v) is 6.35. The molecule has 0 aliphatic rings. The number of hydrogen-bond acceptors (Lipinski definition) is 2. The summed E-state index contributed by atoms with van der Waals surface area (Å²) in [6.07, 6.45) is 1.92. The zero-order valence-electron chi connectivity index (χ0n) is 11.1. The van der Waals surface area contributed by atoms with E-state index in [1.807, 2.05) is 35.0 Å². The van der Waals surface area contributed by atoms with Crippen LogP contribution in [0.3, 0.4) is 0 Å². The van der Waals surface area contributed by atoms with Gasteiger partial charge in [0.25, 0.3) is 0 Å². The summed E-state index contributed by atoms with van der Waals surface area (Å²) < 4.78 is 21.2. The van der Waals surface area contributed by atoms with Crippen LogP contribution in [0.1, 0.15) is 5.56 Å². The highest BCUT2D eigenvalue weighted by Crippen LogP contribution is 2.25. The van der Waals surface area contributed by atoms with Crippen molar-refractivity contribution >= 4 is 16.6 Å². The van der Waals surface area contributed by atoms with Crippen molar-refractivity contribution in [1.29, 1.82) is 0 Å². The Bertz CT molecular complexity index is 764. The van der Waals surface area contributed by atoms with Gasteiger partial charge in [0.15, 0.2) is 11.6 Å². The Morgan fingerprint density at radius 3 is 2.75 bits per heavy atom. The van der Waals surface area contributed by atoms with Gasteiger partial charge >= 0.3 is 0 Å². The van der Waals surface area contributed by atoms with Crippen LogP contribution in [-0.2, 0) is 6.54 Å². The molecule has 4 heteroatoms. The fraction of sp³-hybridized carbons (Fsp3) is 0.125. The molecule has 102 valence electrons. The number of anilines is 1. The molecule has 3 nitrogen and oxygen atoms in total. The average molecular weight is 270 g/mol. The highest BCUT2D eigenvalue weighted by atomic mass is 19.1. The molecule has 0 unspecified atom stereocenters. The van der Waals surface area contributed by atoms with Crippen LogP contribution in [0, 0.1) is 5.82 Å². The molecular formula is C16H15FN2O. The minimum atomic E-state index is -0.319. The lowest BCUT2D eigenvalue weighted by atomic mass is 10.2. The third-order valence-electron chi connectivity index (χ3n) is 3.45. The molecule has 0 radical (unpaired) electrons. The molecule has 0 fully saturated rings. The summed E-state index contributed by atoms with van der Waals surface area (Å²) in [6.45, 7) is 0.440. The van der Waals surface area contributed by atoms with Gasteiger partial charge in [0.2, 0.25) is 0 Å². The molecule has 3 aromatic rings. The summed E-state index contributed by atoms with van der Waals surface area (Å²) in [6, 6.07) is 12.8. The molecular weight excluding hydrogens is 255 g/mol. The van der Waals surface area contributed by atoms with E-state index >= 15 is 0 Å². The van der Waals surface area contributed by atoms with Crippen LogP contribution in [0.2, 0.25) is 0 Å². The van der Waals surface area contributed by atoms with Crippen LogP contribution >= 0.6 is 0 Å². The molecule has 0 aliphatic carbocycles. The minimum absolute atomic E-state index is 0.262. The highest BCUT2D eigenvalue weighted by molar-refractivity contribution is 5.91. The second-order valence-corrected chi connectivity index (χ2v) is 4.66. The van der Waals surface area contributed by atoms with Gasteiger partial charge in [0.1, 0.15) is 0 Å². The van der Waals surface area contributed by atoms with E-state index in [2.05, 4.69) is 0 Å². The van der Waals surface area contributed by atoms with Crippen LogP contribution in [0.25, 0.3) is 10.9 Å². The number of halogens is 1. The molecule has 0 amide bonds. The largest absolute Gasteiger partial charge is 0.494 e. The molecule has 0 saturated carbocycles. The smallest absolute Gasteiger partial charge is 0.170 e. The van der Waals surface area contributed by atoms with Crippen molar-refractivity contribution in [2.24, 2.45) is 0 Å². The van der Waals surface area contributed by atoms with Gasteiger partial charge in [-0.3, -0.25) is 0 Å². The topological polar surface area (TPSA) is 40.2 Å². The van der Waals surface area contributed by atoms with Gasteiger partial charge in [0, 0.05) is 22.8 Å². The Hall–Kier alpha value is -2.49. The van der Waals surface area contributed by atoms with Crippen molar-refractivity contribution in [3.05, 3.63) is 60.0 Å². The number of nitrogen functional groups attached to an aromatic ring is 1. The fourth-order valence-corrected chi connectivity index (χ4v) is 2.40. The maximum Gasteiger partial charge on any atom is 0.170 e. The number of fused-ring (bicyclic) bond motifs is 1. The van der Waals surface area contributed by atoms with Crippen molar-refractivity contribution in [3.63, 3.8) is 0 Å². The van der Waals surface area contributed by atoms with E-state index in [1.165, 1.54) is 7.11 Å². The summed E-state index contributed by atoms with van der Waals surface area (Å²) in [5, 5.41) is 0.982. The maximum absolute atomic E-state index is 14.2. The number of hydrogen-bond donors (Lipinski definition) is 1. The Kier molecular flexibility index (Phi) is 3.06. The monoisotopic (exact) mass is 270 g/mol. The number of ether oxygens (including phenoxy) is 1. The van der Waals surface area contributed by atoms with Crippen LogP contribution in [0.4, 0.5) is 10.1 Å². The quantitative estimate of drug-likeness (QED) is 0.741. The lowest BCUT2D eigenvalue weighted by Crippen LogP contribution is -2.02. The van der Waals surface area contributed by atoms with Crippen LogP contribution in [0.15, 0.2) is 48.7 Å². The van der Waals surface area contributed by atoms with Crippen molar-refractivity contribution in [2.45, 2.75) is 6.54 Å². The van der Waals surface area contributed by atoms with Gasteiger partial charge in [-0.1, -0.05) is 18.2 Å². The average Bonchev–Trinajstić information content (AvgIpc) is 2.86. The van der Waals surface area contributed by atoms with Crippen molar-refractivity contribution in [3.8, 4) is 5.75 Å². The van der Waals surface area contributed by atoms with E-state index < -0.39 is 0 Å². The number of rotatable bonds is 3. The first kappa shape index (κ1) is 12.5.